The Kier molecular flexibility index (Phi) is 6.18. The highest BCUT2D eigenvalue weighted by Crippen LogP contribution is 2.20. The minimum Gasteiger partial charge on any atom is -0.359 e. The minimum absolute atomic E-state index is 0.0684. The van der Waals surface area contributed by atoms with Gasteiger partial charge in [-0.2, -0.15) is 0 Å². The van der Waals surface area contributed by atoms with E-state index < -0.39 is 5.41 Å². The number of amides is 2. The van der Waals surface area contributed by atoms with Crippen molar-refractivity contribution in [2.75, 3.05) is 25.5 Å². The number of nitrogens with one attached hydrogen (secondary N) is 3. The summed E-state index contributed by atoms with van der Waals surface area (Å²) in [4.78, 5) is 23.5. The first-order chi connectivity index (χ1) is 9.76. The van der Waals surface area contributed by atoms with Gasteiger partial charge in [0.05, 0.1) is 12.0 Å². The van der Waals surface area contributed by atoms with Gasteiger partial charge in [0.25, 0.3) is 0 Å². The second-order valence-electron chi connectivity index (χ2n) is 5.57. The lowest BCUT2D eigenvalue weighted by molar-refractivity contribution is -0.128. The number of rotatable bonds is 6. The summed E-state index contributed by atoms with van der Waals surface area (Å²) in [5.41, 5.74) is 1.07. The lowest BCUT2D eigenvalue weighted by Gasteiger charge is -2.22. The number of hydrogen-bond donors (Lipinski definition) is 3. The van der Waals surface area contributed by atoms with Gasteiger partial charge in [-0.15, -0.1) is 0 Å². The van der Waals surface area contributed by atoms with Crippen LogP contribution in [0.15, 0.2) is 18.2 Å². The molecule has 0 aliphatic heterocycles. The van der Waals surface area contributed by atoms with Gasteiger partial charge in [0.1, 0.15) is 0 Å². The van der Waals surface area contributed by atoms with Gasteiger partial charge in [-0.1, -0.05) is 17.7 Å². The van der Waals surface area contributed by atoms with E-state index in [-0.39, 0.29) is 18.4 Å². The standard InChI is InChI=1S/C15H22ClN3O2/c1-10-5-6-11(16)7-12(10)19-13(20)8-18-9-15(2,3)14(21)17-4/h5-7,18H,8-9H2,1-4H3,(H,17,21)(H,19,20). The first-order valence-corrected chi connectivity index (χ1v) is 7.13. The topological polar surface area (TPSA) is 70.2 Å². The largest absolute Gasteiger partial charge is 0.359 e. The molecule has 2 amide bonds. The van der Waals surface area contributed by atoms with E-state index >= 15 is 0 Å². The molecule has 1 aromatic rings. The maximum absolute atomic E-state index is 11.9. The fraction of sp³-hybridized carbons (Fsp3) is 0.467. The molecule has 0 atom stereocenters. The Morgan fingerprint density at radius 2 is 1.95 bits per heavy atom. The Labute approximate surface area is 130 Å². The number of benzene rings is 1. The van der Waals surface area contributed by atoms with Crippen LogP contribution in [0.25, 0.3) is 0 Å². The molecule has 0 saturated heterocycles. The van der Waals surface area contributed by atoms with E-state index in [1.165, 1.54) is 0 Å². The van der Waals surface area contributed by atoms with E-state index in [1.54, 1.807) is 19.2 Å². The number of carbonyl (C=O) groups excluding carboxylic acids is 2. The van der Waals surface area contributed by atoms with Crippen LogP contribution in [0.2, 0.25) is 5.02 Å². The maximum atomic E-state index is 11.9. The lowest BCUT2D eigenvalue weighted by Crippen LogP contribution is -2.43. The summed E-state index contributed by atoms with van der Waals surface area (Å²) in [6, 6.07) is 5.33. The summed E-state index contributed by atoms with van der Waals surface area (Å²) in [7, 11) is 1.60. The third-order valence-corrected chi connectivity index (χ3v) is 3.40. The minimum atomic E-state index is -0.568. The maximum Gasteiger partial charge on any atom is 0.238 e. The molecule has 0 aliphatic carbocycles. The van der Waals surface area contributed by atoms with E-state index in [4.69, 9.17) is 11.6 Å². The molecule has 0 aliphatic rings. The summed E-state index contributed by atoms with van der Waals surface area (Å²) in [5, 5.41) is 8.96. The molecule has 0 fully saturated rings. The predicted molar refractivity (Wildman–Crippen MR) is 85.5 cm³/mol. The number of halogens is 1. The van der Waals surface area contributed by atoms with Crippen molar-refractivity contribution in [1.29, 1.82) is 0 Å². The summed E-state index contributed by atoms with van der Waals surface area (Å²) in [5.74, 6) is -0.242. The average Bonchev–Trinajstić information content (AvgIpc) is 2.41. The van der Waals surface area contributed by atoms with Crippen molar-refractivity contribution in [3.8, 4) is 0 Å². The van der Waals surface area contributed by atoms with Crippen LogP contribution < -0.4 is 16.0 Å². The van der Waals surface area contributed by atoms with Crippen molar-refractivity contribution in [1.82, 2.24) is 10.6 Å². The zero-order valence-corrected chi connectivity index (χ0v) is 13.6. The first kappa shape index (κ1) is 17.5. The monoisotopic (exact) mass is 311 g/mol. The van der Waals surface area contributed by atoms with Crippen LogP contribution in [0.3, 0.4) is 0 Å². The molecule has 1 rings (SSSR count). The second-order valence-corrected chi connectivity index (χ2v) is 6.01. The van der Waals surface area contributed by atoms with Crippen LogP contribution in [0.1, 0.15) is 19.4 Å². The van der Waals surface area contributed by atoms with Crippen molar-refractivity contribution in [2.24, 2.45) is 5.41 Å². The highest BCUT2D eigenvalue weighted by Gasteiger charge is 2.26. The molecule has 21 heavy (non-hydrogen) atoms. The van der Waals surface area contributed by atoms with E-state index in [0.29, 0.717) is 17.3 Å². The Bertz CT molecular complexity index is 530. The molecule has 5 nitrogen and oxygen atoms in total. The Hall–Kier alpha value is -1.59. The summed E-state index contributed by atoms with van der Waals surface area (Å²) >= 11 is 5.90. The molecule has 0 radical (unpaired) electrons. The number of anilines is 1. The molecule has 0 heterocycles. The molecule has 0 bridgehead atoms. The molecule has 1 aromatic carbocycles. The molecule has 6 heteroatoms. The highest BCUT2D eigenvalue weighted by atomic mass is 35.5. The van der Waals surface area contributed by atoms with E-state index in [1.807, 2.05) is 26.8 Å². The fourth-order valence-electron chi connectivity index (χ4n) is 1.83. The van der Waals surface area contributed by atoms with Crippen LogP contribution in [0, 0.1) is 12.3 Å². The highest BCUT2D eigenvalue weighted by molar-refractivity contribution is 6.31. The lowest BCUT2D eigenvalue weighted by atomic mass is 9.92. The van der Waals surface area contributed by atoms with Crippen molar-refractivity contribution in [3.63, 3.8) is 0 Å². The third kappa shape index (κ3) is 5.36. The van der Waals surface area contributed by atoms with Gasteiger partial charge in [0.2, 0.25) is 11.8 Å². The molecule has 0 aromatic heterocycles. The number of hydrogen-bond acceptors (Lipinski definition) is 3. The van der Waals surface area contributed by atoms with Crippen LogP contribution in [0.4, 0.5) is 5.69 Å². The summed E-state index contributed by atoms with van der Waals surface area (Å²) in [6.45, 7) is 6.07. The first-order valence-electron chi connectivity index (χ1n) is 6.75. The molecule has 3 N–H and O–H groups in total. The van der Waals surface area contributed by atoms with Crippen LogP contribution in [-0.4, -0.2) is 32.0 Å². The average molecular weight is 312 g/mol. The third-order valence-electron chi connectivity index (χ3n) is 3.17. The van der Waals surface area contributed by atoms with Gasteiger partial charge in [-0.3, -0.25) is 9.59 Å². The Balaban J connectivity index is 2.48. The van der Waals surface area contributed by atoms with E-state index in [9.17, 15) is 9.59 Å². The molecule has 0 spiro atoms. The van der Waals surface area contributed by atoms with Crippen molar-refractivity contribution in [2.45, 2.75) is 20.8 Å². The normalized spacial score (nSPS) is 11.1. The Morgan fingerprint density at radius 1 is 1.29 bits per heavy atom. The molecule has 0 saturated carbocycles. The molecular weight excluding hydrogens is 290 g/mol. The van der Waals surface area contributed by atoms with Crippen molar-refractivity contribution in [3.05, 3.63) is 28.8 Å². The fourth-order valence-corrected chi connectivity index (χ4v) is 2.00. The van der Waals surface area contributed by atoms with Gasteiger partial charge in [0.15, 0.2) is 0 Å². The van der Waals surface area contributed by atoms with Gasteiger partial charge < -0.3 is 16.0 Å². The molecular formula is C15H22ClN3O2. The van der Waals surface area contributed by atoms with Crippen LogP contribution in [-0.2, 0) is 9.59 Å². The number of carbonyl (C=O) groups is 2. The van der Waals surface area contributed by atoms with Crippen molar-refractivity contribution >= 4 is 29.1 Å². The van der Waals surface area contributed by atoms with Crippen molar-refractivity contribution < 1.29 is 9.59 Å². The van der Waals surface area contributed by atoms with Gasteiger partial charge >= 0.3 is 0 Å². The van der Waals surface area contributed by atoms with Crippen LogP contribution >= 0.6 is 11.6 Å². The quantitative estimate of drug-likeness (QED) is 0.752. The summed E-state index contributed by atoms with van der Waals surface area (Å²) < 4.78 is 0. The van der Waals surface area contributed by atoms with E-state index in [2.05, 4.69) is 16.0 Å². The zero-order chi connectivity index (χ0) is 16.0. The van der Waals surface area contributed by atoms with E-state index in [0.717, 1.165) is 5.56 Å². The van der Waals surface area contributed by atoms with Gasteiger partial charge in [-0.05, 0) is 38.5 Å². The SMILES string of the molecule is CNC(=O)C(C)(C)CNCC(=O)Nc1cc(Cl)ccc1C. The second kappa shape index (κ2) is 7.43. The van der Waals surface area contributed by atoms with Gasteiger partial charge in [-0.25, -0.2) is 0 Å². The van der Waals surface area contributed by atoms with Gasteiger partial charge in [0, 0.05) is 24.3 Å². The molecule has 116 valence electrons. The predicted octanol–water partition coefficient (Wildman–Crippen LogP) is 1.95. The summed E-state index contributed by atoms with van der Waals surface area (Å²) in [6.07, 6.45) is 0. The molecule has 0 unspecified atom stereocenters. The van der Waals surface area contributed by atoms with Crippen LogP contribution in [0.5, 0.6) is 0 Å². The smallest absolute Gasteiger partial charge is 0.238 e. The number of aryl methyl sites for hydroxylation is 1. The zero-order valence-electron chi connectivity index (χ0n) is 12.8. The Morgan fingerprint density at radius 3 is 2.57 bits per heavy atom.